The predicted molar refractivity (Wildman–Crippen MR) is 124 cm³/mol. The van der Waals surface area contributed by atoms with E-state index in [0.717, 1.165) is 23.3 Å². The Bertz CT molecular complexity index is 1230. The summed E-state index contributed by atoms with van der Waals surface area (Å²) in [7, 11) is 0. The molecule has 0 atom stereocenters. The Labute approximate surface area is 195 Å². The van der Waals surface area contributed by atoms with Gasteiger partial charge < -0.3 is 9.47 Å². The molecule has 0 amide bonds. The van der Waals surface area contributed by atoms with Crippen LogP contribution in [-0.2, 0) is 28.9 Å². The van der Waals surface area contributed by atoms with Gasteiger partial charge >= 0.3 is 6.18 Å². The van der Waals surface area contributed by atoms with E-state index in [0.29, 0.717) is 0 Å². The van der Waals surface area contributed by atoms with Crippen LogP contribution in [0, 0.1) is 22.7 Å². The lowest BCUT2D eigenvalue weighted by atomic mass is 10.1. The van der Waals surface area contributed by atoms with Crippen LogP contribution in [0.5, 0.6) is 0 Å². The molecule has 0 fully saturated rings. The fourth-order valence-corrected chi connectivity index (χ4v) is 2.79. The topological polar surface area (TPSA) is 66.2 Å². The highest BCUT2D eigenvalue weighted by atomic mass is 19.4. The maximum Gasteiger partial charge on any atom is 0.416 e. The second kappa shape index (κ2) is 11.5. The molecule has 0 aliphatic rings. The number of rotatable bonds is 7. The maximum atomic E-state index is 12.9. The molecule has 0 unspecified atom stereocenters. The summed E-state index contributed by atoms with van der Waals surface area (Å²) in [6, 6.07) is 23.1. The zero-order valence-electron chi connectivity index (χ0n) is 18.0. The molecule has 0 aromatic heterocycles. The number of hydrogen-bond acceptors (Lipinski definition) is 4. The van der Waals surface area contributed by atoms with Crippen molar-refractivity contribution in [2.45, 2.75) is 19.4 Å². The quantitative estimate of drug-likeness (QED) is 0.185. The van der Waals surface area contributed by atoms with Crippen LogP contribution in [0.2, 0.25) is 0 Å². The molecular weight excluding hydrogens is 441 g/mol. The summed E-state index contributed by atoms with van der Waals surface area (Å²) in [5, 5.41) is 16.4. The largest absolute Gasteiger partial charge is 0.483 e. The summed E-state index contributed by atoms with van der Waals surface area (Å²) in [5.41, 5.74) is 0.771. The van der Waals surface area contributed by atoms with Crippen molar-refractivity contribution in [2.75, 3.05) is 0 Å². The van der Waals surface area contributed by atoms with E-state index in [9.17, 15) is 13.2 Å². The molecule has 0 spiro atoms. The third-order valence-electron chi connectivity index (χ3n) is 4.49. The Kier molecular flexibility index (Phi) is 8.25. The summed E-state index contributed by atoms with van der Waals surface area (Å²) in [6.07, 6.45) is -3.26. The number of hydrogen-bond donors (Lipinski definition) is 2. The van der Waals surface area contributed by atoms with Crippen molar-refractivity contribution >= 4 is 11.6 Å². The van der Waals surface area contributed by atoms with Gasteiger partial charge in [0.25, 0.3) is 0 Å². The van der Waals surface area contributed by atoms with Crippen LogP contribution in [0.4, 0.5) is 13.2 Å². The van der Waals surface area contributed by atoms with Crippen LogP contribution in [0.15, 0.2) is 96.8 Å². The highest BCUT2D eigenvalue weighted by molar-refractivity contribution is 6.10. The fourth-order valence-electron chi connectivity index (χ4n) is 2.79. The second-order valence-corrected chi connectivity index (χ2v) is 7.13. The lowest BCUT2D eigenvalue weighted by molar-refractivity contribution is -0.137. The lowest BCUT2D eigenvalue weighted by Crippen LogP contribution is -2.12. The van der Waals surface area contributed by atoms with Crippen LogP contribution in [-0.4, -0.2) is 11.6 Å². The van der Waals surface area contributed by atoms with Crippen molar-refractivity contribution in [3.05, 3.63) is 119 Å². The van der Waals surface area contributed by atoms with Crippen LogP contribution in [0.25, 0.3) is 0 Å². The Hall–Kier alpha value is -4.31. The van der Waals surface area contributed by atoms with Crippen molar-refractivity contribution in [3.8, 4) is 11.8 Å². The summed E-state index contributed by atoms with van der Waals surface area (Å²) in [6.45, 7) is 0.271. The second-order valence-electron chi connectivity index (χ2n) is 7.13. The van der Waals surface area contributed by atoms with E-state index in [1.165, 1.54) is 18.2 Å². The number of alkyl halides is 3. The number of benzene rings is 3. The van der Waals surface area contributed by atoms with Gasteiger partial charge in [-0.3, -0.25) is 10.8 Å². The Morgan fingerprint density at radius 1 is 0.794 bits per heavy atom. The molecule has 0 saturated heterocycles. The van der Waals surface area contributed by atoms with E-state index >= 15 is 0 Å². The van der Waals surface area contributed by atoms with Crippen LogP contribution < -0.4 is 0 Å². The molecule has 34 heavy (non-hydrogen) atoms. The van der Waals surface area contributed by atoms with Gasteiger partial charge in [0.05, 0.1) is 5.56 Å². The Balaban J connectivity index is 1.76. The first-order valence-corrected chi connectivity index (χ1v) is 10.2. The highest BCUT2D eigenvalue weighted by Gasteiger charge is 2.30. The Morgan fingerprint density at radius 2 is 1.38 bits per heavy atom. The molecule has 3 aromatic carbocycles. The van der Waals surface area contributed by atoms with Gasteiger partial charge in [-0.25, -0.2) is 0 Å². The summed E-state index contributed by atoms with van der Waals surface area (Å²) >= 11 is 0. The maximum absolute atomic E-state index is 12.9. The Morgan fingerprint density at radius 3 is 1.97 bits per heavy atom. The van der Waals surface area contributed by atoms with Crippen molar-refractivity contribution in [2.24, 2.45) is 0 Å². The van der Waals surface area contributed by atoms with E-state index in [4.69, 9.17) is 20.3 Å². The third kappa shape index (κ3) is 7.68. The molecule has 4 nitrogen and oxygen atoms in total. The third-order valence-corrected chi connectivity index (χ3v) is 4.49. The van der Waals surface area contributed by atoms with E-state index in [1.54, 1.807) is 0 Å². The average Bonchev–Trinajstić information content (AvgIpc) is 2.84. The molecule has 0 aliphatic carbocycles. The van der Waals surface area contributed by atoms with E-state index < -0.39 is 11.7 Å². The minimum absolute atomic E-state index is 0.0110. The first-order chi connectivity index (χ1) is 16.3. The highest BCUT2D eigenvalue weighted by Crippen LogP contribution is 2.29. The normalized spacial score (nSPS) is 11.2. The molecule has 3 rings (SSSR count). The van der Waals surface area contributed by atoms with Crippen LogP contribution >= 0.6 is 0 Å². The van der Waals surface area contributed by atoms with Gasteiger partial charge in [0.1, 0.15) is 18.9 Å². The molecule has 0 radical (unpaired) electrons. The zero-order valence-corrected chi connectivity index (χ0v) is 18.0. The van der Waals surface area contributed by atoms with Crippen molar-refractivity contribution in [1.29, 1.82) is 10.8 Å². The number of ether oxygens (including phenoxy) is 2. The summed E-state index contributed by atoms with van der Waals surface area (Å²) in [5.74, 6) is 4.74. The standard InChI is InChI=1S/C27H21F3N2O2/c28-27(29,30)23-13-7-12-20(16-23)14-15-24(31)17-25(33-18-21-8-3-1-4-9-21)26(32)34-19-22-10-5-2-6-11-22/h1-13,16-17,31-32H,18-19H2/b25-17+,31-24?,32-26?. The fraction of sp³-hybridized carbons (Fsp3) is 0.111. The molecule has 7 heteroatoms. The SMILES string of the molecule is N=C(C#Cc1cccc(C(F)(F)F)c1)/C=C(/OCc1ccccc1)C(=N)OCc1ccccc1. The number of nitrogens with one attached hydrogen (secondary N) is 2. The van der Waals surface area contributed by atoms with Gasteiger partial charge in [0.2, 0.25) is 5.90 Å². The molecule has 0 aliphatic heterocycles. The molecule has 172 valence electrons. The molecule has 0 bridgehead atoms. The van der Waals surface area contributed by atoms with Gasteiger partial charge in [0.15, 0.2) is 5.76 Å². The minimum atomic E-state index is -4.48. The van der Waals surface area contributed by atoms with Gasteiger partial charge in [-0.1, -0.05) is 72.7 Å². The molecule has 3 aromatic rings. The van der Waals surface area contributed by atoms with Gasteiger partial charge in [-0.2, -0.15) is 13.2 Å². The predicted octanol–water partition coefficient (Wildman–Crippen LogP) is 6.37. The molecule has 0 heterocycles. The molecule has 0 saturated carbocycles. The van der Waals surface area contributed by atoms with Gasteiger partial charge in [-0.15, -0.1) is 0 Å². The van der Waals surface area contributed by atoms with Crippen molar-refractivity contribution in [3.63, 3.8) is 0 Å². The van der Waals surface area contributed by atoms with E-state index in [-0.39, 0.29) is 36.1 Å². The summed E-state index contributed by atoms with van der Waals surface area (Å²) < 4.78 is 49.9. The molecular formula is C27H21F3N2O2. The number of halogens is 3. The van der Waals surface area contributed by atoms with Gasteiger partial charge in [0, 0.05) is 11.6 Å². The van der Waals surface area contributed by atoms with Crippen LogP contribution in [0.1, 0.15) is 22.3 Å². The monoisotopic (exact) mass is 462 g/mol. The smallest absolute Gasteiger partial charge is 0.416 e. The van der Waals surface area contributed by atoms with E-state index in [1.807, 2.05) is 60.7 Å². The first kappa shape index (κ1) is 24.3. The van der Waals surface area contributed by atoms with Crippen molar-refractivity contribution < 1.29 is 22.6 Å². The first-order valence-electron chi connectivity index (χ1n) is 10.2. The number of allylic oxidation sites excluding steroid dienone is 1. The average molecular weight is 462 g/mol. The zero-order chi connectivity index (χ0) is 24.4. The minimum Gasteiger partial charge on any atom is -0.483 e. The van der Waals surface area contributed by atoms with E-state index in [2.05, 4.69) is 11.8 Å². The van der Waals surface area contributed by atoms with Crippen LogP contribution in [0.3, 0.4) is 0 Å². The molecule has 2 N–H and O–H groups in total. The lowest BCUT2D eigenvalue weighted by Gasteiger charge is -2.13. The summed E-state index contributed by atoms with van der Waals surface area (Å²) in [4.78, 5) is 0. The van der Waals surface area contributed by atoms with Gasteiger partial charge in [-0.05, 0) is 35.2 Å². The van der Waals surface area contributed by atoms with Crippen molar-refractivity contribution in [1.82, 2.24) is 0 Å².